The highest BCUT2D eigenvalue weighted by atomic mass is 16.6. The van der Waals surface area contributed by atoms with Gasteiger partial charge in [0.2, 0.25) is 0 Å². The average molecular weight is 1080 g/mol. The van der Waals surface area contributed by atoms with Crippen LogP contribution in [0.5, 0.6) is 0 Å². The van der Waals surface area contributed by atoms with Crippen molar-refractivity contribution in [3.8, 4) is 0 Å². The average Bonchev–Trinajstić information content (AvgIpc) is 3.44. The lowest BCUT2D eigenvalue weighted by molar-refractivity contribution is -0.167. The molecule has 0 aromatic heterocycles. The minimum absolute atomic E-state index is 0.0927. The van der Waals surface area contributed by atoms with Crippen molar-refractivity contribution < 1.29 is 28.6 Å². The van der Waals surface area contributed by atoms with Crippen LogP contribution >= 0.6 is 0 Å². The molecule has 1 atom stereocenters. The lowest BCUT2D eigenvalue weighted by Gasteiger charge is -2.18. The molecule has 446 valence electrons. The molecule has 0 aliphatic heterocycles. The van der Waals surface area contributed by atoms with Gasteiger partial charge in [-0.25, -0.2) is 0 Å². The van der Waals surface area contributed by atoms with Crippen LogP contribution in [0.3, 0.4) is 0 Å². The number of rotatable bonds is 59. The van der Waals surface area contributed by atoms with Gasteiger partial charge in [-0.2, -0.15) is 0 Å². The summed E-state index contributed by atoms with van der Waals surface area (Å²) in [5.74, 6) is -0.921. The van der Waals surface area contributed by atoms with Gasteiger partial charge in [0.15, 0.2) is 6.10 Å². The molecule has 0 heterocycles. The van der Waals surface area contributed by atoms with Crippen LogP contribution in [0, 0.1) is 0 Å². The highest BCUT2D eigenvalue weighted by molar-refractivity contribution is 5.71. The Labute approximate surface area is 482 Å². The lowest BCUT2D eigenvalue weighted by Crippen LogP contribution is -2.30. The van der Waals surface area contributed by atoms with Gasteiger partial charge in [-0.3, -0.25) is 14.4 Å². The first kappa shape index (κ1) is 74.1. The molecule has 78 heavy (non-hydrogen) atoms. The second kappa shape index (κ2) is 65.6. The van der Waals surface area contributed by atoms with Crippen LogP contribution in [-0.2, 0) is 28.6 Å². The van der Waals surface area contributed by atoms with E-state index in [0.717, 1.165) is 122 Å². The van der Waals surface area contributed by atoms with Gasteiger partial charge < -0.3 is 14.2 Å². The molecular weight excluding hydrogens is 961 g/mol. The topological polar surface area (TPSA) is 78.9 Å². The maximum absolute atomic E-state index is 12.9. The van der Waals surface area contributed by atoms with Gasteiger partial charge in [0, 0.05) is 19.3 Å². The molecule has 0 fully saturated rings. The Bertz CT molecular complexity index is 1570. The lowest BCUT2D eigenvalue weighted by atomic mass is 10.1. The van der Waals surface area contributed by atoms with E-state index < -0.39 is 6.10 Å². The van der Waals surface area contributed by atoms with Gasteiger partial charge in [0.1, 0.15) is 13.2 Å². The van der Waals surface area contributed by atoms with Crippen LogP contribution in [0.1, 0.15) is 310 Å². The Hall–Kier alpha value is -3.93. The summed E-state index contributed by atoms with van der Waals surface area (Å²) in [4.78, 5) is 38.4. The first-order valence-corrected chi connectivity index (χ1v) is 32.9. The fraction of sp³-hybridized carbons (Fsp3) is 0.708. The molecule has 0 saturated heterocycles. The predicted molar refractivity (Wildman–Crippen MR) is 339 cm³/mol. The third-order valence-corrected chi connectivity index (χ3v) is 14.0. The van der Waals surface area contributed by atoms with E-state index in [0.29, 0.717) is 19.3 Å². The summed E-state index contributed by atoms with van der Waals surface area (Å²) in [6.45, 7) is 6.51. The van der Waals surface area contributed by atoms with Crippen molar-refractivity contribution in [2.24, 2.45) is 0 Å². The van der Waals surface area contributed by atoms with E-state index in [4.69, 9.17) is 14.2 Å². The number of carbonyl (C=O) groups excluding carboxylic acids is 3. The molecule has 0 aliphatic carbocycles. The third-order valence-electron chi connectivity index (χ3n) is 14.0. The smallest absolute Gasteiger partial charge is 0.306 e. The minimum atomic E-state index is -0.798. The standard InChI is InChI=1S/C72H122O6/c1-4-7-10-13-16-19-22-25-28-31-33-35-36-38-39-41-44-47-50-53-56-59-62-65-71(74)77-68-69(67-76-70(73)64-61-58-55-52-49-46-43-30-27-24-21-18-15-12-9-6-3)78-72(75)66-63-60-57-54-51-48-45-42-40-37-34-32-29-26-23-20-17-14-11-8-5-2/h7,10,16,19,23,25-26,28,30,32-35,38-39,43-44,47,69H,4-6,8-9,11-15,17-18,20-22,24,27,29,31,36-37,40-42,45-46,48-68H2,1-3H3/b10-7-,19-16-,26-23-,28-25-,34-32-,35-33-,39-38-,43-30-,47-44-. The van der Waals surface area contributed by atoms with Crippen molar-refractivity contribution in [3.63, 3.8) is 0 Å². The van der Waals surface area contributed by atoms with E-state index in [2.05, 4.69) is 130 Å². The van der Waals surface area contributed by atoms with Gasteiger partial charge in [-0.1, -0.05) is 271 Å². The maximum Gasteiger partial charge on any atom is 0.306 e. The zero-order valence-corrected chi connectivity index (χ0v) is 51.2. The second-order valence-corrected chi connectivity index (χ2v) is 21.6. The van der Waals surface area contributed by atoms with Crippen molar-refractivity contribution >= 4 is 17.9 Å². The molecule has 0 aromatic rings. The molecule has 0 rings (SSSR count). The Morgan fingerprint density at radius 2 is 0.500 bits per heavy atom. The SMILES string of the molecule is CC/C=C\C/C=C\C/C=C\C/C=C\C/C=C\C/C=C\CCCCCCC(=O)OCC(COC(=O)CCCCCCC/C=C\CCCCCCCCC)OC(=O)CCCCCCCCCCC/C=C\C/C=C\CCCCCCC. The van der Waals surface area contributed by atoms with Gasteiger partial charge in [0.25, 0.3) is 0 Å². The van der Waals surface area contributed by atoms with E-state index in [1.165, 1.54) is 148 Å². The molecule has 6 heteroatoms. The van der Waals surface area contributed by atoms with Crippen LogP contribution in [0.4, 0.5) is 0 Å². The zero-order chi connectivity index (χ0) is 56.4. The molecule has 0 spiro atoms. The third kappa shape index (κ3) is 62.9. The Kier molecular flexibility index (Phi) is 62.3. The van der Waals surface area contributed by atoms with Gasteiger partial charge in [0.05, 0.1) is 0 Å². The fourth-order valence-corrected chi connectivity index (χ4v) is 9.06. The molecule has 0 aliphatic rings. The summed E-state index contributed by atoms with van der Waals surface area (Å²) in [7, 11) is 0. The molecular formula is C72H122O6. The van der Waals surface area contributed by atoms with Gasteiger partial charge in [-0.05, 0) is 128 Å². The molecule has 0 aromatic carbocycles. The van der Waals surface area contributed by atoms with Crippen LogP contribution in [0.2, 0.25) is 0 Å². The number of ether oxygens (including phenoxy) is 3. The number of hydrogen-bond donors (Lipinski definition) is 0. The monoisotopic (exact) mass is 1080 g/mol. The highest BCUT2D eigenvalue weighted by Crippen LogP contribution is 2.15. The number of esters is 3. The van der Waals surface area contributed by atoms with Crippen molar-refractivity contribution in [2.45, 2.75) is 316 Å². The largest absolute Gasteiger partial charge is 0.462 e. The summed E-state index contributed by atoms with van der Waals surface area (Å²) in [5.41, 5.74) is 0. The summed E-state index contributed by atoms with van der Waals surface area (Å²) in [6, 6.07) is 0. The Morgan fingerprint density at radius 1 is 0.269 bits per heavy atom. The van der Waals surface area contributed by atoms with Gasteiger partial charge >= 0.3 is 17.9 Å². The van der Waals surface area contributed by atoms with Crippen LogP contribution in [0.25, 0.3) is 0 Å². The van der Waals surface area contributed by atoms with Crippen molar-refractivity contribution in [3.05, 3.63) is 109 Å². The molecule has 0 amide bonds. The van der Waals surface area contributed by atoms with E-state index in [1.807, 2.05) is 0 Å². The van der Waals surface area contributed by atoms with E-state index in [9.17, 15) is 14.4 Å². The Morgan fingerprint density at radius 3 is 0.795 bits per heavy atom. The van der Waals surface area contributed by atoms with E-state index in [1.54, 1.807) is 0 Å². The Balaban J connectivity index is 4.45. The van der Waals surface area contributed by atoms with Crippen molar-refractivity contribution in [2.75, 3.05) is 13.2 Å². The van der Waals surface area contributed by atoms with Crippen molar-refractivity contribution in [1.82, 2.24) is 0 Å². The molecule has 0 bridgehead atoms. The van der Waals surface area contributed by atoms with Gasteiger partial charge in [-0.15, -0.1) is 0 Å². The van der Waals surface area contributed by atoms with Crippen LogP contribution in [0.15, 0.2) is 109 Å². The second-order valence-electron chi connectivity index (χ2n) is 21.6. The summed E-state index contributed by atoms with van der Waals surface area (Å²) in [6.07, 6.45) is 89.4. The normalized spacial score (nSPS) is 12.8. The quantitative estimate of drug-likeness (QED) is 0.0261. The first-order chi connectivity index (χ1) is 38.5. The number of allylic oxidation sites excluding steroid dienone is 18. The van der Waals surface area contributed by atoms with Crippen LogP contribution < -0.4 is 0 Å². The number of hydrogen-bond acceptors (Lipinski definition) is 6. The maximum atomic E-state index is 12.9. The first-order valence-electron chi connectivity index (χ1n) is 32.9. The molecule has 6 nitrogen and oxygen atoms in total. The van der Waals surface area contributed by atoms with E-state index in [-0.39, 0.29) is 31.1 Å². The summed E-state index contributed by atoms with van der Waals surface area (Å²) < 4.78 is 16.9. The molecule has 1 unspecified atom stereocenters. The van der Waals surface area contributed by atoms with Crippen LogP contribution in [-0.4, -0.2) is 37.2 Å². The summed E-state index contributed by atoms with van der Waals surface area (Å²) in [5, 5.41) is 0. The molecule has 0 N–H and O–H groups in total. The summed E-state index contributed by atoms with van der Waals surface area (Å²) >= 11 is 0. The molecule has 0 radical (unpaired) electrons. The fourth-order valence-electron chi connectivity index (χ4n) is 9.06. The van der Waals surface area contributed by atoms with Crippen molar-refractivity contribution in [1.29, 1.82) is 0 Å². The highest BCUT2D eigenvalue weighted by Gasteiger charge is 2.19. The minimum Gasteiger partial charge on any atom is -0.462 e. The zero-order valence-electron chi connectivity index (χ0n) is 51.2. The number of carbonyl (C=O) groups is 3. The predicted octanol–water partition coefficient (Wildman–Crippen LogP) is 22.6. The number of unbranched alkanes of at least 4 members (excludes halogenated alkanes) is 30. The van der Waals surface area contributed by atoms with E-state index >= 15 is 0 Å². The molecule has 0 saturated carbocycles.